The molecule has 0 aliphatic rings. The second-order valence-corrected chi connectivity index (χ2v) is 5.74. The molecule has 23 heavy (non-hydrogen) atoms. The monoisotopic (exact) mass is 330 g/mol. The molecule has 0 aromatic carbocycles. The molecule has 0 unspecified atom stereocenters. The first-order valence-electron chi connectivity index (χ1n) is 6.89. The number of hydrogen-bond acceptors (Lipinski definition) is 6. The lowest BCUT2D eigenvalue weighted by atomic mass is 10.4. The van der Waals surface area contributed by atoms with E-state index in [1.807, 2.05) is 0 Å². The number of aromatic nitrogens is 3. The maximum absolute atomic E-state index is 12.2. The van der Waals surface area contributed by atoms with Gasteiger partial charge in [-0.25, -0.2) is 9.97 Å². The van der Waals surface area contributed by atoms with Gasteiger partial charge < -0.3 is 9.73 Å². The van der Waals surface area contributed by atoms with Crippen molar-refractivity contribution in [2.45, 2.75) is 11.6 Å². The van der Waals surface area contributed by atoms with E-state index in [1.54, 1.807) is 43.8 Å². The van der Waals surface area contributed by atoms with Crippen molar-refractivity contribution in [3.8, 4) is 0 Å². The van der Waals surface area contributed by atoms with E-state index in [-0.39, 0.29) is 22.2 Å². The van der Waals surface area contributed by atoms with Crippen molar-refractivity contribution in [3.63, 3.8) is 0 Å². The molecular formula is C15H14N4O3S. The van der Waals surface area contributed by atoms with Gasteiger partial charge in [0.05, 0.1) is 18.6 Å². The number of furan rings is 1. The van der Waals surface area contributed by atoms with E-state index in [2.05, 4.69) is 15.3 Å². The van der Waals surface area contributed by atoms with Crippen LogP contribution in [0.3, 0.4) is 0 Å². The molecule has 3 rings (SSSR count). The predicted molar refractivity (Wildman–Crippen MR) is 86.1 cm³/mol. The van der Waals surface area contributed by atoms with Gasteiger partial charge in [-0.05, 0) is 24.3 Å². The highest BCUT2D eigenvalue weighted by Gasteiger charge is 2.12. The molecule has 8 heteroatoms. The zero-order valence-electron chi connectivity index (χ0n) is 12.4. The number of thioether (sulfide) groups is 1. The van der Waals surface area contributed by atoms with Gasteiger partial charge in [-0.1, -0.05) is 11.8 Å². The molecular weight excluding hydrogens is 316 g/mol. The number of nitrogens with one attached hydrogen (secondary N) is 1. The Morgan fingerprint density at radius 3 is 3.04 bits per heavy atom. The summed E-state index contributed by atoms with van der Waals surface area (Å²) in [4.78, 5) is 32.5. The number of carbonyl (C=O) groups is 1. The summed E-state index contributed by atoms with van der Waals surface area (Å²) in [7, 11) is 1.64. The van der Waals surface area contributed by atoms with Gasteiger partial charge in [0.15, 0.2) is 10.7 Å². The predicted octanol–water partition coefficient (Wildman–Crippen LogP) is 1.33. The lowest BCUT2D eigenvalue weighted by Gasteiger charge is -2.06. The third-order valence-corrected chi connectivity index (χ3v) is 4.12. The number of amides is 1. The first kappa shape index (κ1) is 15.3. The van der Waals surface area contributed by atoms with Gasteiger partial charge in [-0.2, -0.15) is 0 Å². The summed E-state index contributed by atoms with van der Waals surface area (Å²) in [6.07, 6.45) is 3.16. The standard InChI is InChI=1S/C15H14N4O3S/c1-19-13-11(5-2-6-16-13)18-14(15(19)21)23-9-12(20)17-8-10-4-3-7-22-10/h2-7H,8-9H2,1H3,(H,17,20). The minimum absolute atomic E-state index is 0.106. The maximum atomic E-state index is 12.2. The highest BCUT2D eigenvalue weighted by Crippen LogP contribution is 2.14. The molecule has 118 valence electrons. The van der Waals surface area contributed by atoms with Crippen molar-refractivity contribution < 1.29 is 9.21 Å². The van der Waals surface area contributed by atoms with Crippen molar-refractivity contribution in [2.24, 2.45) is 7.05 Å². The second kappa shape index (κ2) is 6.66. The molecule has 3 heterocycles. The highest BCUT2D eigenvalue weighted by molar-refractivity contribution is 7.99. The van der Waals surface area contributed by atoms with Crippen LogP contribution >= 0.6 is 11.8 Å². The third-order valence-electron chi connectivity index (χ3n) is 3.17. The fraction of sp³-hybridized carbons (Fsp3) is 0.200. The van der Waals surface area contributed by atoms with Gasteiger partial charge in [0.25, 0.3) is 5.56 Å². The van der Waals surface area contributed by atoms with Crippen LogP contribution in [0.25, 0.3) is 11.2 Å². The molecule has 7 nitrogen and oxygen atoms in total. The molecule has 3 aromatic heterocycles. The zero-order valence-corrected chi connectivity index (χ0v) is 13.2. The first-order chi connectivity index (χ1) is 11.1. The summed E-state index contributed by atoms with van der Waals surface area (Å²) in [5.41, 5.74) is 0.872. The molecule has 0 saturated heterocycles. The third kappa shape index (κ3) is 3.42. The number of carbonyl (C=O) groups excluding carboxylic acids is 1. The molecule has 0 saturated carbocycles. The maximum Gasteiger partial charge on any atom is 0.284 e. The van der Waals surface area contributed by atoms with E-state index >= 15 is 0 Å². The Hall–Kier alpha value is -2.61. The summed E-state index contributed by atoms with van der Waals surface area (Å²) in [5, 5.41) is 3.00. The Balaban J connectivity index is 1.68. The minimum Gasteiger partial charge on any atom is -0.467 e. The average molecular weight is 330 g/mol. The summed E-state index contributed by atoms with van der Waals surface area (Å²) >= 11 is 1.11. The largest absolute Gasteiger partial charge is 0.467 e. The zero-order chi connectivity index (χ0) is 16.2. The Bertz CT molecular complexity index is 889. The molecule has 0 bridgehead atoms. The lowest BCUT2D eigenvalue weighted by molar-refractivity contribution is -0.118. The van der Waals surface area contributed by atoms with E-state index in [0.717, 1.165) is 11.8 Å². The minimum atomic E-state index is -0.264. The summed E-state index contributed by atoms with van der Waals surface area (Å²) < 4.78 is 6.57. The fourth-order valence-corrected chi connectivity index (χ4v) is 2.80. The first-order valence-corrected chi connectivity index (χ1v) is 7.87. The smallest absolute Gasteiger partial charge is 0.284 e. The van der Waals surface area contributed by atoms with E-state index in [0.29, 0.717) is 23.5 Å². The second-order valence-electron chi connectivity index (χ2n) is 4.77. The Morgan fingerprint density at radius 1 is 1.39 bits per heavy atom. The number of rotatable bonds is 5. The van der Waals surface area contributed by atoms with Gasteiger partial charge in [0.1, 0.15) is 11.3 Å². The van der Waals surface area contributed by atoms with Crippen LogP contribution in [0.15, 0.2) is 51.0 Å². The van der Waals surface area contributed by atoms with Crippen molar-refractivity contribution in [1.82, 2.24) is 19.9 Å². The number of aryl methyl sites for hydroxylation is 1. The van der Waals surface area contributed by atoms with E-state index in [4.69, 9.17) is 4.42 Å². The molecule has 0 aliphatic carbocycles. The van der Waals surface area contributed by atoms with Gasteiger partial charge in [-0.3, -0.25) is 14.2 Å². The van der Waals surface area contributed by atoms with Crippen molar-refractivity contribution >= 4 is 28.8 Å². The van der Waals surface area contributed by atoms with Crippen LogP contribution in [-0.4, -0.2) is 26.2 Å². The Kier molecular flexibility index (Phi) is 4.42. The SMILES string of the molecule is Cn1c(=O)c(SCC(=O)NCc2ccco2)nc2cccnc21. The van der Waals surface area contributed by atoms with Crippen molar-refractivity contribution in [2.75, 3.05) is 5.75 Å². The number of pyridine rings is 1. The van der Waals surface area contributed by atoms with E-state index in [9.17, 15) is 9.59 Å². The van der Waals surface area contributed by atoms with Gasteiger partial charge in [-0.15, -0.1) is 0 Å². The van der Waals surface area contributed by atoms with Gasteiger partial charge in [0.2, 0.25) is 5.91 Å². The van der Waals surface area contributed by atoms with Crippen LogP contribution < -0.4 is 10.9 Å². The molecule has 0 aliphatic heterocycles. The molecule has 1 N–H and O–H groups in total. The quantitative estimate of drug-likeness (QED) is 0.710. The lowest BCUT2D eigenvalue weighted by Crippen LogP contribution is -2.26. The highest BCUT2D eigenvalue weighted by atomic mass is 32.2. The number of fused-ring (bicyclic) bond motifs is 1. The summed E-state index contributed by atoms with van der Waals surface area (Å²) in [6.45, 7) is 0.319. The van der Waals surface area contributed by atoms with Crippen LogP contribution in [0.4, 0.5) is 0 Å². The number of nitrogens with zero attached hydrogens (tertiary/aromatic N) is 3. The van der Waals surface area contributed by atoms with E-state index < -0.39 is 0 Å². The molecule has 0 atom stereocenters. The van der Waals surface area contributed by atoms with Crippen molar-refractivity contribution in [1.29, 1.82) is 0 Å². The normalized spacial score (nSPS) is 10.8. The Morgan fingerprint density at radius 2 is 2.26 bits per heavy atom. The van der Waals surface area contributed by atoms with Crippen LogP contribution in [0, 0.1) is 0 Å². The molecule has 0 fully saturated rings. The molecule has 0 spiro atoms. The fourth-order valence-electron chi connectivity index (χ4n) is 2.01. The summed E-state index contributed by atoms with van der Waals surface area (Å²) in [6, 6.07) is 7.07. The van der Waals surface area contributed by atoms with Crippen LogP contribution in [-0.2, 0) is 18.4 Å². The average Bonchev–Trinajstić information content (AvgIpc) is 3.08. The molecule has 3 aromatic rings. The van der Waals surface area contributed by atoms with Crippen molar-refractivity contribution in [3.05, 3.63) is 52.8 Å². The summed E-state index contributed by atoms with van der Waals surface area (Å²) in [5.74, 6) is 0.588. The number of hydrogen-bond donors (Lipinski definition) is 1. The Labute approximate surface area is 135 Å². The van der Waals surface area contributed by atoms with Gasteiger partial charge in [0, 0.05) is 13.2 Å². The van der Waals surface area contributed by atoms with Crippen LogP contribution in [0.5, 0.6) is 0 Å². The van der Waals surface area contributed by atoms with Crippen LogP contribution in [0.1, 0.15) is 5.76 Å². The molecule has 1 amide bonds. The molecule has 0 radical (unpaired) electrons. The van der Waals surface area contributed by atoms with Gasteiger partial charge >= 0.3 is 0 Å². The van der Waals surface area contributed by atoms with E-state index in [1.165, 1.54) is 4.57 Å². The topological polar surface area (TPSA) is 90.0 Å². The van der Waals surface area contributed by atoms with Crippen LogP contribution in [0.2, 0.25) is 0 Å².